The third-order valence-corrected chi connectivity index (χ3v) is 6.32. The molecule has 4 aromatic rings. The molecule has 2 N–H and O–H groups in total. The van der Waals surface area contributed by atoms with E-state index in [4.69, 9.17) is 0 Å². The van der Waals surface area contributed by atoms with E-state index in [0.29, 0.717) is 23.2 Å². The van der Waals surface area contributed by atoms with Gasteiger partial charge in [-0.05, 0) is 37.1 Å². The first kappa shape index (κ1) is 22.0. The average Bonchev–Trinajstić information content (AvgIpc) is 3.20. The average molecular weight is 454 g/mol. The van der Waals surface area contributed by atoms with Gasteiger partial charge in [0.2, 0.25) is 5.78 Å². The third-order valence-electron chi connectivity index (χ3n) is 5.09. The summed E-state index contributed by atoms with van der Waals surface area (Å²) in [7, 11) is 0. The van der Waals surface area contributed by atoms with E-state index in [1.54, 1.807) is 12.3 Å². The van der Waals surface area contributed by atoms with Crippen LogP contribution >= 0.6 is 0 Å². The lowest BCUT2D eigenvalue weighted by Crippen LogP contribution is -2.18. The molecule has 2 heterocycles. The molecule has 0 radical (unpaired) electrons. The number of ketones is 1. The number of anilines is 1. The summed E-state index contributed by atoms with van der Waals surface area (Å²) in [6.45, 7) is 3.82. The van der Waals surface area contributed by atoms with Gasteiger partial charge in [-0.1, -0.05) is 36.8 Å². The second-order valence-corrected chi connectivity index (χ2v) is 8.76. The molecule has 0 aliphatic carbocycles. The van der Waals surface area contributed by atoms with Gasteiger partial charge in [-0.15, -0.1) is 0 Å². The Morgan fingerprint density at radius 2 is 1.91 bits per heavy atom. The number of aromatic nitrogens is 2. The summed E-state index contributed by atoms with van der Waals surface area (Å²) in [5, 5.41) is 0.458. The molecule has 8 heteroatoms. The van der Waals surface area contributed by atoms with Crippen LogP contribution in [-0.4, -0.2) is 26.1 Å². The Morgan fingerprint density at radius 1 is 1.16 bits per heavy atom. The maximum Gasteiger partial charge on any atom is 0.201 e. The fourth-order valence-corrected chi connectivity index (χ4v) is 4.30. The Kier molecular flexibility index (Phi) is 6.25. The fraction of sp³-hybridized carbons (Fsp3) is 0.167. The van der Waals surface area contributed by atoms with Gasteiger partial charge >= 0.3 is 0 Å². The number of hydrogen-bond donors (Lipinski definition) is 2. The molecule has 164 valence electrons. The van der Waals surface area contributed by atoms with Crippen LogP contribution in [0.1, 0.15) is 34.8 Å². The van der Waals surface area contributed by atoms with Crippen molar-refractivity contribution in [1.82, 2.24) is 9.97 Å². The van der Waals surface area contributed by atoms with Crippen LogP contribution < -0.4 is 4.72 Å². The Labute approximate surface area is 187 Å². The summed E-state index contributed by atoms with van der Waals surface area (Å²) >= 11 is -1.53. The number of benzene rings is 2. The second-order valence-electron chi connectivity index (χ2n) is 7.45. The zero-order valence-corrected chi connectivity index (χ0v) is 18.4. The molecule has 4 rings (SSSR count). The van der Waals surface area contributed by atoms with Crippen molar-refractivity contribution in [1.29, 1.82) is 0 Å². The van der Waals surface area contributed by atoms with Gasteiger partial charge in [0.25, 0.3) is 0 Å². The molecule has 32 heavy (non-hydrogen) atoms. The number of carbonyl (C=O) groups excluding carboxylic acids is 1. The topological polar surface area (TPSA) is 80.8 Å². The summed E-state index contributed by atoms with van der Waals surface area (Å²) in [5.41, 5.74) is 2.45. The second kappa shape index (κ2) is 9.10. The summed E-state index contributed by atoms with van der Waals surface area (Å²) in [6.07, 6.45) is 3.69. The van der Waals surface area contributed by atoms with E-state index in [1.165, 1.54) is 6.20 Å². The molecule has 2 aromatic carbocycles. The highest BCUT2D eigenvalue weighted by atomic mass is 32.2. The van der Waals surface area contributed by atoms with E-state index in [1.807, 2.05) is 38.1 Å². The Bertz CT molecular complexity index is 1290. The lowest BCUT2D eigenvalue weighted by Gasteiger charge is -2.13. The van der Waals surface area contributed by atoms with E-state index in [0.717, 1.165) is 28.8 Å². The van der Waals surface area contributed by atoms with Crippen LogP contribution in [0.25, 0.3) is 22.2 Å². The summed E-state index contributed by atoms with van der Waals surface area (Å²) < 4.78 is 44.1. The smallest absolute Gasteiger partial charge is 0.201 e. The molecule has 5 nitrogen and oxygen atoms in total. The lowest BCUT2D eigenvalue weighted by molar-refractivity contribution is 0.103. The van der Waals surface area contributed by atoms with Crippen molar-refractivity contribution in [2.24, 2.45) is 0 Å². The van der Waals surface area contributed by atoms with Crippen molar-refractivity contribution in [3.63, 3.8) is 0 Å². The number of fused-ring (bicyclic) bond motifs is 1. The first-order valence-electron chi connectivity index (χ1n) is 10.1. The molecule has 1 unspecified atom stereocenters. The number of hydrogen-bond acceptors (Lipinski definition) is 4. The lowest BCUT2D eigenvalue weighted by atomic mass is 9.99. The third kappa shape index (κ3) is 4.24. The van der Waals surface area contributed by atoms with Gasteiger partial charge in [0.15, 0.2) is 5.82 Å². The first-order chi connectivity index (χ1) is 15.4. The highest BCUT2D eigenvalue weighted by Gasteiger charge is 2.25. The van der Waals surface area contributed by atoms with Crippen molar-refractivity contribution < 1.29 is 18.1 Å². The Balaban J connectivity index is 1.75. The first-order valence-corrected chi connectivity index (χ1v) is 11.4. The van der Waals surface area contributed by atoms with E-state index < -0.39 is 34.3 Å². The zero-order chi connectivity index (χ0) is 22.8. The summed E-state index contributed by atoms with van der Waals surface area (Å²) in [6, 6.07) is 11.7. The van der Waals surface area contributed by atoms with Crippen molar-refractivity contribution in [2.75, 3.05) is 10.5 Å². The molecule has 0 aliphatic rings. The number of nitrogens with one attached hydrogen (secondary N) is 2. The van der Waals surface area contributed by atoms with Gasteiger partial charge < -0.3 is 9.54 Å². The molecular formula is C24H21F2N3O2S. The van der Waals surface area contributed by atoms with Gasteiger partial charge in [-0.25, -0.2) is 18.5 Å². The van der Waals surface area contributed by atoms with Crippen LogP contribution in [0.3, 0.4) is 0 Å². The number of halogens is 2. The summed E-state index contributed by atoms with van der Waals surface area (Å²) in [5.74, 6) is -2.58. The van der Waals surface area contributed by atoms with Gasteiger partial charge in [0.1, 0.15) is 22.9 Å². The van der Waals surface area contributed by atoms with E-state index in [9.17, 15) is 13.7 Å². The number of H-pyrrole nitrogens is 1. The minimum Gasteiger partial charge on any atom is -0.593 e. The minimum absolute atomic E-state index is 0.103. The molecule has 0 amide bonds. The number of carbonyl (C=O) groups is 1. The standard InChI is InChI=1S/C24H21F2N3O2S/c1-3-10-32(31)29-20-9-8-19(25)21(22(20)26)23(30)18-13-28-24-17(18)11-16(12-27-24)15-6-4-14(2)5-7-15/h4-9,11-13,29H,3,10H2,1-2H3,(H,27,28). The van der Waals surface area contributed by atoms with Crippen LogP contribution in [0, 0.1) is 18.6 Å². The maximum atomic E-state index is 15.1. The highest BCUT2D eigenvalue weighted by molar-refractivity contribution is 7.92. The SMILES string of the molecule is CCC[S+]([O-])Nc1ccc(F)c(C(=O)c2c[nH]c3ncc(-c4ccc(C)cc4)cc23)c1F. The van der Waals surface area contributed by atoms with Crippen molar-refractivity contribution >= 4 is 33.9 Å². The molecule has 0 fully saturated rings. The Morgan fingerprint density at radius 3 is 2.62 bits per heavy atom. The van der Waals surface area contributed by atoms with Crippen LogP contribution in [0.2, 0.25) is 0 Å². The van der Waals surface area contributed by atoms with Crippen LogP contribution in [0.15, 0.2) is 54.9 Å². The quantitative estimate of drug-likeness (QED) is 0.285. The molecule has 0 aliphatic heterocycles. The number of aryl methyl sites for hydroxylation is 1. The molecule has 0 saturated heterocycles. The molecule has 1 atom stereocenters. The molecule has 2 aromatic heterocycles. The van der Waals surface area contributed by atoms with E-state index in [2.05, 4.69) is 14.7 Å². The van der Waals surface area contributed by atoms with Gasteiger partial charge in [-0.2, -0.15) is 0 Å². The molecule has 0 bridgehead atoms. The normalized spacial score (nSPS) is 12.2. The molecule has 0 saturated carbocycles. The van der Waals surface area contributed by atoms with E-state index in [-0.39, 0.29) is 11.3 Å². The molecular weight excluding hydrogens is 432 g/mol. The predicted octanol–water partition coefficient (Wildman–Crippen LogP) is 5.53. The zero-order valence-electron chi connectivity index (χ0n) is 17.5. The minimum atomic E-state index is -1.53. The monoisotopic (exact) mass is 453 g/mol. The number of aromatic amines is 1. The van der Waals surface area contributed by atoms with Gasteiger partial charge in [0.05, 0.1) is 16.9 Å². The number of rotatable bonds is 7. The number of nitrogens with zero attached hydrogens (tertiary/aromatic N) is 1. The van der Waals surface area contributed by atoms with Crippen molar-refractivity contribution in [2.45, 2.75) is 20.3 Å². The fourth-order valence-electron chi connectivity index (χ4n) is 3.43. The largest absolute Gasteiger partial charge is 0.593 e. The van der Waals surface area contributed by atoms with E-state index >= 15 is 4.39 Å². The summed E-state index contributed by atoms with van der Waals surface area (Å²) in [4.78, 5) is 20.4. The van der Waals surface area contributed by atoms with Crippen LogP contribution in [0.4, 0.5) is 14.5 Å². The Hall–Kier alpha value is -3.23. The van der Waals surface area contributed by atoms with Crippen LogP contribution in [0.5, 0.6) is 0 Å². The van der Waals surface area contributed by atoms with Gasteiger partial charge in [-0.3, -0.25) is 4.79 Å². The van der Waals surface area contributed by atoms with Crippen LogP contribution in [-0.2, 0) is 11.4 Å². The predicted molar refractivity (Wildman–Crippen MR) is 123 cm³/mol. The number of pyridine rings is 1. The maximum absolute atomic E-state index is 15.1. The van der Waals surface area contributed by atoms with Gasteiger partial charge in [0, 0.05) is 28.9 Å². The highest BCUT2D eigenvalue weighted by Crippen LogP contribution is 2.29. The van der Waals surface area contributed by atoms with Crippen molar-refractivity contribution in [3.8, 4) is 11.1 Å². The van der Waals surface area contributed by atoms with Crippen molar-refractivity contribution in [3.05, 3.63) is 83.2 Å². The molecule has 0 spiro atoms.